The van der Waals surface area contributed by atoms with Crippen molar-refractivity contribution in [2.45, 2.75) is 77.4 Å². The lowest BCUT2D eigenvalue weighted by Crippen LogP contribution is -2.43. The summed E-state index contributed by atoms with van der Waals surface area (Å²) < 4.78 is 6.95. The van der Waals surface area contributed by atoms with Gasteiger partial charge < -0.3 is 15.0 Å². The van der Waals surface area contributed by atoms with Gasteiger partial charge in [-0.25, -0.2) is 0 Å². The quantitative estimate of drug-likeness (QED) is 0.481. The minimum absolute atomic E-state index is 0.0591. The molecule has 1 aliphatic carbocycles. The summed E-state index contributed by atoms with van der Waals surface area (Å²) in [6, 6.07) is 7.92. The fourth-order valence-corrected chi connectivity index (χ4v) is 5.04. The first-order valence-electron chi connectivity index (χ1n) is 11.4. The van der Waals surface area contributed by atoms with E-state index in [1.54, 1.807) is 0 Å². The van der Waals surface area contributed by atoms with Crippen LogP contribution in [0.2, 0.25) is 0 Å². The molecule has 1 aromatic rings. The SMILES string of the molecule is C=C(OC(C)(C)C)N1CCC(CC(NC(=O)c2ccc(Br)cc2)C2CCCC2)CC1. The number of hydrogen-bond acceptors (Lipinski definition) is 3. The first kappa shape index (κ1) is 23.2. The number of nitrogens with one attached hydrogen (secondary N) is 1. The van der Waals surface area contributed by atoms with Gasteiger partial charge in [-0.15, -0.1) is 0 Å². The second-order valence-corrected chi connectivity index (χ2v) is 10.8. The first-order chi connectivity index (χ1) is 14.2. The Balaban J connectivity index is 1.56. The van der Waals surface area contributed by atoms with Crippen molar-refractivity contribution in [2.24, 2.45) is 11.8 Å². The molecule has 30 heavy (non-hydrogen) atoms. The summed E-state index contributed by atoms with van der Waals surface area (Å²) in [5.41, 5.74) is 0.533. The molecule has 166 valence electrons. The van der Waals surface area contributed by atoms with E-state index in [-0.39, 0.29) is 17.6 Å². The minimum atomic E-state index is -0.210. The number of halogens is 1. The van der Waals surface area contributed by atoms with Gasteiger partial charge in [0, 0.05) is 29.2 Å². The highest BCUT2D eigenvalue weighted by Crippen LogP contribution is 2.33. The third-order valence-corrected chi connectivity index (χ3v) is 6.90. The van der Waals surface area contributed by atoms with Crippen LogP contribution >= 0.6 is 15.9 Å². The molecule has 1 amide bonds. The van der Waals surface area contributed by atoms with Gasteiger partial charge in [0.2, 0.25) is 0 Å². The summed E-state index contributed by atoms with van der Waals surface area (Å²) in [4.78, 5) is 15.1. The van der Waals surface area contributed by atoms with E-state index in [1.807, 2.05) is 24.3 Å². The number of likely N-dealkylation sites (tertiary alicyclic amines) is 1. The van der Waals surface area contributed by atoms with Crippen LogP contribution in [0.1, 0.15) is 76.1 Å². The maximum absolute atomic E-state index is 12.9. The Morgan fingerprint density at radius 1 is 1.17 bits per heavy atom. The van der Waals surface area contributed by atoms with Gasteiger partial charge in [0.05, 0.1) is 0 Å². The van der Waals surface area contributed by atoms with E-state index in [0.29, 0.717) is 11.8 Å². The molecule has 2 fully saturated rings. The predicted octanol–water partition coefficient (Wildman–Crippen LogP) is 6.13. The highest BCUT2D eigenvalue weighted by molar-refractivity contribution is 9.10. The largest absolute Gasteiger partial charge is 0.474 e. The molecule has 1 atom stereocenters. The van der Waals surface area contributed by atoms with Crippen molar-refractivity contribution >= 4 is 21.8 Å². The van der Waals surface area contributed by atoms with E-state index in [4.69, 9.17) is 4.74 Å². The molecule has 1 saturated heterocycles. The summed E-state index contributed by atoms with van der Waals surface area (Å²) in [6.07, 6.45) is 8.39. The number of amides is 1. The average molecular weight is 477 g/mol. The minimum Gasteiger partial charge on any atom is -0.474 e. The Labute approximate surface area is 190 Å². The average Bonchev–Trinajstić information content (AvgIpc) is 3.22. The fourth-order valence-electron chi connectivity index (χ4n) is 4.78. The molecule has 4 nitrogen and oxygen atoms in total. The smallest absolute Gasteiger partial charge is 0.251 e. The lowest BCUT2D eigenvalue weighted by Gasteiger charge is -2.38. The zero-order valence-electron chi connectivity index (χ0n) is 18.8. The van der Waals surface area contributed by atoms with Gasteiger partial charge in [-0.2, -0.15) is 0 Å². The van der Waals surface area contributed by atoms with Crippen molar-refractivity contribution < 1.29 is 9.53 Å². The van der Waals surface area contributed by atoms with Gasteiger partial charge in [0.1, 0.15) is 5.60 Å². The van der Waals surface area contributed by atoms with Crippen molar-refractivity contribution in [3.63, 3.8) is 0 Å². The van der Waals surface area contributed by atoms with Crippen LogP contribution < -0.4 is 5.32 Å². The molecule has 1 unspecified atom stereocenters. The summed E-state index contributed by atoms with van der Waals surface area (Å²) >= 11 is 3.45. The van der Waals surface area contributed by atoms with Crippen LogP contribution in [0.15, 0.2) is 41.2 Å². The summed E-state index contributed by atoms with van der Waals surface area (Å²) in [7, 11) is 0. The summed E-state index contributed by atoms with van der Waals surface area (Å²) in [6.45, 7) is 12.3. The van der Waals surface area contributed by atoms with Gasteiger partial charge in [-0.3, -0.25) is 4.79 Å². The van der Waals surface area contributed by atoms with E-state index < -0.39 is 0 Å². The molecular formula is C25H37BrN2O2. The third-order valence-electron chi connectivity index (χ3n) is 6.37. The summed E-state index contributed by atoms with van der Waals surface area (Å²) in [5, 5.41) is 3.40. The van der Waals surface area contributed by atoms with Crippen LogP contribution in [0.4, 0.5) is 0 Å². The maximum Gasteiger partial charge on any atom is 0.251 e. The number of rotatable bonds is 7. The van der Waals surface area contributed by atoms with E-state index >= 15 is 0 Å². The molecule has 1 heterocycles. The zero-order valence-corrected chi connectivity index (χ0v) is 20.3. The van der Waals surface area contributed by atoms with Crippen LogP contribution in [0.25, 0.3) is 0 Å². The highest BCUT2D eigenvalue weighted by atomic mass is 79.9. The topological polar surface area (TPSA) is 41.6 Å². The van der Waals surface area contributed by atoms with Gasteiger partial charge >= 0.3 is 0 Å². The van der Waals surface area contributed by atoms with E-state index in [9.17, 15) is 4.79 Å². The third kappa shape index (κ3) is 6.76. The lowest BCUT2D eigenvalue weighted by atomic mass is 9.84. The number of carbonyl (C=O) groups is 1. The summed E-state index contributed by atoms with van der Waals surface area (Å²) in [5.74, 6) is 2.10. The Bertz CT molecular complexity index is 712. The Morgan fingerprint density at radius 2 is 1.77 bits per heavy atom. The molecule has 1 saturated carbocycles. The second kappa shape index (κ2) is 10.2. The number of hydrogen-bond donors (Lipinski definition) is 1. The molecule has 0 aromatic heterocycles. The Hall–Kier alpha value is -1.49. The number of ether oxygens (including phenoxy) is 1. The Kier molecular flexibility index (Phi) is 7.89. The molecule has 2 aliphatic rings. The van der Waals surface area contributed by atoms with Crippen LogP contribution in [-0.4, -0.2) is 35.5 Å². The molecule has 1 aliphatic heterocycles. The van der Waals surface area contributed by atoms with E-state index in [1.165, 1.54) is 25.7 Å². The first-order valence-corrected chi connectivity index (χ1v) is 12.2. The molecule has 5 heteroatoms. The predicted molar refractivity (Wildman–Crippen MR) is 126 cm³/mol. The van der Waals surface area contributed by atoms with Gasteiger partial charge in [-0.1, -0.05) is 28.8 Å². The van der Waals surface area contributed by atoms with Crippen LogP contribution in [0, 0.1) is 11.8 Å². The monoisotopic (exact) mass is 476 g/mol. The molecular weight excluding hydrogens is 440 g/mol. The number of piperidine rings is 1. The van der Waals surface area contributed by atoms with Crippen molar-refractivity contribution in [1.29, 1.82) is 0 Å². The normalized spacial score (nSPS) is 19.5. The van der Waals surface area contributed by atoms with Crippen LogP contribution in [0.3, 0.4) is 0 Å². The van der Waals surface area contributed by atoms with E-state index in [2.05, 4.69) is 53.5 Å². The Morgan fingerprint density at radius 3 is 2.33 bits per heavy atom. The molecule has 0 radical (unpaired) electrons. The van der Waals surface area contributed by atoms with Crippen molar-refractivity contribution in [3.8, 4) is 0 Å². The van der Waals surface area contributed by atoms with Crippen LogP contribution in [0.5, 0.6) is 0 Å². The zero-order chi connectivity index (χ0) is 21.7. The molecule has 0 bridgehead atoms. The number of benzene rings is 1. The van der Waals surface area contributed by atoms with Gasteiger partial charge in [0.25, 0.3) is 5.91 Å². The standard InChI is InChI=1S/C25H37BrN2O2/c1-18(30-25(2,3)4)28-15-13-19(14-16-28)17-23(20-7-5-6-8-20)27-24(29)21-9-11-22(26)12-10-21/h9-12,19-20,23H,1,5-8,13-17H2,2-4H3,(H,27,29). The molecule has 3 rings (SSSR count). The molecule has 0 spiro atoms. The number of nitrogens with zero attached hydrogens (tertiary/aromatic N) is 1. The number of carbonyl (C=O) groups excluding carboxylic acids is 1. The van der Waals surface area contributed by atoms with Crippen molar-refractivity contribution in [2.75, 3.05) is 13.1 Å². The van der Waals surface area contributed by atoms with Crippen LogP contribution in [-0.2, 0) is 4.74 Å². The lowest BCUT2D eigenvalue weighted by molar-refractivity contribution is -0.00635. The highest BCUT2D eigenvalue weighted by Gasteiger charge is 2.31. The fraction of sp³-hybridized carbons (Fsp3) is 0.640. The molecule has 1 aromatic carbocycles. The second-order valence-electron chi connectivity index (χ2n) is 9.91. The van der Waals surface area contributed by atoms with Gasteiger partial charge in [-0.05, 0) is 95.6 Å². The maximum atomic E-state index is 12.9. The van der Waals surface area contributed by atoms with Gasteiger partial charge in [0.15, 0.2) is 5.88 Å². The van der Waals surface area contributed by atoms with Crippen molar-refractivity contribution in [1.82, 2.24) is 10.2 Å². The van der Waals surface area contributed by atoms with Crippen molar-refractivity contribution in [3.05, 3.63) is 46.8 Å². The van der Waals surface area contributed by atoms with E-state index in [0.717, 1.165) is 48.3 Å². The molecule has 1 N–H and O–H groups in total.